The summed E-state index contributed by atoms with van der Waals surface area (Å²) in [5.41, 5.74) is -0.639. The van der Waals surface area contributed by atoms with Crippen LogP contribution in [0.3, 0.4) is 0 Å². The Labute approximate surface area is 155 Å². The van der Waals surface area contributed by atoms with Crippen LogP contribution < -0.4 is 11.2 Å². The predicted octanol–water partition coefficient (Wildman–Crippen LogP) is 1.27. The van der Waals surface area contributed by atoms with E-state index in [-0.39, 0.29) is 17.0 Å². The van der Waals surface area contributed by atoms with Crippen molar-refractivity contribution in [3.8, 4) is 0 Å². The SMILES string of the molecule is CC[C@H](Sc1nc(CC(C)C)nc2c1c(=O)n(C)c(=O)n2C)C(=O)OC. The average molecular weight is 380 g/mol. The molecule has 0 radical (unpaired) electrons. The van der Waals surface area contributed by atoms with Crippen LogP contribution in [0.2, 0.25) is 0 Å². The fraction of sp³-hybridized carbons (Fsp3) is 0.588. The van der Waals surface area contributed by atoms with E-state index in [2.05, 4.69) is 9.97 Å². The van der Waals surface area contributed by atoms with Gasteiger partial charge >= 0.3 is 11.7 Å². The van der Waals surface area contributed by atoms with Crippen LogP contribution in [-0.2, 0) is 30.0 Å². The van der Waals surface area contributed by atoms with Crippen LogP contribution in [0.1, 0.15) is 33.0 Å². The van der Waals surface area contributed by atoms with E-state index in [1.807, 2.05) is 20.8 Å². The summed E-state index contributed by atoms with van der Waals surface area (Å²) in [6, 6.07) is 0. The van der Waals surface area contributed by atoms with Crippen LogP contribution in [0.5, 0.6) is 0 Å². The van der Waals surface area contributed by atoms with Gasteiger partial charge in [0.2, 0.25) is 0 Å². The largest absolute Gasteiger partial charge is 0.468 e. The number of thioether (sulfide) groups is 1. The molecule has 0 aromatic carbocycles. The molecular formula is C17H24N4O4S. The van der Waals surface area contributed by atoms with Gasteiger partial charge in [-0.2, -0.15) is 0 Å². The smallest absolute Gasteiger partial charge is 0.332 e. The van der Waals surface area contributed by atoms with Crippen molar-refractivity contribution in [2.45, 2.75) is 43.9 Å². The normalized spacial score (nSPS) is 12.6. The summed E-state index contributed by atoms with van der Waals surface area (Å²) < 4.78 is 7.20. The molecule has 26 heavy (non-hydrogen) atoms. The number of carbonyl (C=O) groups is 1. The second kappa shape index (κ2) is 8.03. The maximum atomic E-state index is 12.7. The third-order valence-corrected chi connectivity index (χ3v) is 5.32. The molecule has 9 heteroatoms. The monoisotopic (exact) mass is 380 g/mol. The number of rotatable bonds is 6. The molecule has 2 aromatic rings. The summed E-state index contributed by atoms with van der Waals surface area (Å²) in [6.45, 7) is 5.93. The summed E-state index contributed by atoms with van der Waals surface area (Å²) in [7, 11) is 4.32. The van der Waals surface area contributed by atoms with Crippen molar-refractivity contribution < 1.29 is 9.53 Å². The van der Waals surface area contributed by atoms with E-state index in [0.717, 1.165) is 4.57 Å². The Kier molecular flexibility index (Phi) is 6.22. The van der Waals surface area contributed by atoms with E-state index in [9.17, 15) is 14.4 Å². The molecule has 8 nitrogen and oxygen atoms in total. The molecule has 2 heterocycles. The van der Waals surface area contributed by atoms with E-state index in [1.165, 1.54) is 30.5 Å². The van der Waals surface area contributed by atoms with E-state index in [4.69, 9.17) is 4.74 Å². The number of methoxy groups -OCH3 is 1. The van der Waals surface area contributed by atoms with Crippen LogP contribution >= 0.6 is 11.8 Å². The highest BCUT2D eigenvalue weighted by atomic mass is 32.2. The molecule has 1 atom stereocenters. The molecule has 0 fully saturated rings. The van der Waals surface area contributed by atoms with Gasteiger partial charge in [-0.25, -0.2) is 14.8 Å². The molecule has 0 bridgehead atoms. The zero-order valence-electron chi connectivity index (χ0n) is 15.9. The van der Waals surface area contributed by atoms with Crippen LogP contribution in [0.25, 0.3) is 11.0 Å². The lowest BCUT2D eigenvalue weighted by Crippen LogP contribution is -2.38. The van der Waals surface area contributed by atoms with E-state index < -0.39 is 16.5 Å². The van der Waals surface area contributed by atoms with Gasteiger partial charge < -0.3 is 4.74 Å². The quantitative estimate of drug-likeness (QED) is 0.423. The Balaban J connectivity index is 2.79. The number of fused-ring (bicyclic) bond motifs is 1. The van der Waals surface area contributed by atoms with Crippen LogP contribution in [-0.4, -0.2) is 37.4 Å². The van der Waals surface area contributed by atoms with Gasteiger partial charge in [-0.3, -0.25) is 18.7 Å². The molecule has 0 unspecified atom stereocenters. The number of hydrogen-bond donors (Lipinski definition) is 0. The van der Waals surface area contributed by atoms with Crippen molar-refractivity contribution in [1.29, 1.82) is 0 Å². The Morgan fingerprint density at radius 2 is 1.85 bits per heavy atom. The fourth-order valence-corrected chi connectivity index (χ4v) is 3.66. The lowest BCUT2D eigenvalue weighted by molar-refractivity contribution is -0.140. The van der Waals surface area contributed by atoms with Gasteiger partial charge in [-0.1, -0.05) is 32.5 Å². The van der Waals surface area contributed by atoms with Gasteiger partial charge in [-0.05, 0) is 12.3 Å². The van der Waals surface area contributed by atoms with Crippen molar-refractivity contribution in [3.63, 3.8) is 0 Å². The van der Waals surface area contributed by atoms with E-state index >= 15 is 0 Å². The molecule has 2 rings (SSSR count). The van der Waals surface area contributed by atoms with Crippen LogP contribution in [0.4, 0.5) is 0 Å². The van der Waals surface area contributed by atoms with Crippen molar-refractivity contribution in [1.82, 2.24) is 19.1 Å². The van der Waals surface area contributed by atoms with Crippen molar-refractivity contribution in [2.75, 3.05) is 7.11 Å². The van der Waals surface area contributed by atoms with Gasteiger partial charge in [0, 0.05) is 20.5 Å². The third-order valence-electron chi connectivity index (χ3n) is 3.99. The zero-order chi connectivity index (χ0) is 19.6. The molecule has 142 valence electrons. The Morgan fingerprint density at radius 1 is 1.19 bits per heavy atom. The standard InChI is InChI=1S/C17H24N4O4S/c1-7-10(16(23)25-6)26-14-12-13(18-11(19-14)8-9(2)3)20(4)17(24)21(5)15(12)22/h9-10H,7-8H2,1-6H3/t10-/m0/s1. The zero-order valence-corrected chi connectivity index (χ0v) is 16.7. The Morgan fingerprint density at radius 3 is 2.38 bits per heavy atom. The number of hydrogen-bond acceptors (Lipinski definition) is 7. The summed E-state index contributed by atoms with van der Waals surface area (Å²) in [5, 5.41) is 0.153. The number of nitrogens with zero attached hydrogens (tertiary/aromatic N) is 4. The van der Waals surface area contributed by atoms with Gasteiger partial charge in [0.1, 0.15) is 21.5 Å². The van der Waals surface area contributed by atoms with Gasteiger partial charge in [-0.15, -0.1) is 0 Å². The highest BCUT2D eigenvalue weighted by molar-refractivity contribution is 8.00. The second-order valence-corrected chi connectivity index (χ2v) is 7.68. The number of carbonyl (C=O) groups excluding carboxylic acids is 1. The maximum absolute atomic E-state index is 12.7. The summed E-state index contributed by atoms with van der Waals surface area (Å²) in [5.74, 6) is 0.464. The number of aromatic nitrogens is 4. The van der Waals surface area contributed by atoms with E-state index in [0.29, 0.717) is 29.6 Å². The molecule has 0 aliphatic heterocycles. The predicted molar refractivity (Wildman–Crippen MR) is 101 cm³/mol. The van der Waals surface area contributed by atoms with Crippen LogP contribution in [0.15, 0.2) is 14.6 Å². The van der Waals surface area contributed by atoms with Gasteiger partial charge in [0.15, 0.2) is 5.65 Å². The molecule has 0 amide bonds. The first-order chi connectivity index (χ1) is 12.2. The topological polar surface area (TPSA) is 96.1 Å². The van der Waals surface area contributed by atoms with Crippen molar-refractivity contribution >= 4 is 28.8 Å². The molecule has 2 aromatic heterocycles. The first kappa shape index (κ1) is 20.2. The lowest BCUT2D eigenvalue weighted by Gasteiger charge is -2.15. The van der Waals surface area contributed by atoms with Gasteiger partial charge in [0.25, 0.3) is 5.56 Å². The van der Waals surface area contributed by atoms with Crippen LogP contribution in [0, 0.1) is 5.92 Å². The minimum Gasteiger partial charge on any atom is -0.468 e. The molecule has 0 saturated carbocycles. The highest BCUT2D eigenvalue weighted by Crippen LogP contribution is 2.29. The molecule has 0 saturated heterocycles. The van der Waals surface area contributed by atoms with Crippen molar-refractivity contribution in [2.24, 2.45) is 20.0 Å². The maximum Gasteiger partial charge on any atom is 0.332 e. The second-order valence-electron chi connectivity index (χ2n) is 6.49. The third kappa shape index (κ3) is 3.82. The van der Waals surface area contributed by atoms with Crippen molar-refractivity contribution in [3.05, 3.63) is 26.7 Å². The number of aryl methyl sites for hydroxylation is 1. The molecule has 0 aliphatic carbocycles. The summed E-state index contributed by atoms with van der Waals surface area (Å²) in [4.78, 5) is 45.9. The average Bonchev–Trinajstić information content (AvgIpc) is 2.60. The molecular weight excluding hydrogens is 356 g/mol. The van der Waals surface area contributed by atoms with E-state index in [1.54, 1.807) is 7.05 Å². The minimum atomic E-state index is -0.494. The lowest BCUT2D eigenvalue weighted by atomic mass is 10.1. The summed E-state index contributed by atoms with van der Waals surface area (Å²) >= 11 is 1.18. The highest BCUT2D eigenvalue weighted by Gasteiger charge is 2.24. The molecule has 0 N–H and O–H groups in total. The number of esters is 1. The molecule has 0 spiro atoms. The first-order valence-electron chi connectivity index (χ1n) is 8.42. The summed E-state index contributed by atoms with van der Waals surface area (Å²) in [6.07, 6.45) is 1.12. The Hall–Kier alpha value is -2.16. The minimum absolute atomic E-state index is 0.245. The molecule has 0 aliphatic rings. The number of ether oxygens (including phenoxy) is 1. The first-order valence-corrected chi connectivity index (χ1v) is 9.30. The van der Waals surface area contributed by atoms with Gasteiger partial charge in [0.05, 0.1) is 7.11 Å². The Bertz CT molecular complexity index is 948. The fourth-order valence-electron chi connectivity index (χ4n) is 2.58.